The minimum absolute atomic E-state index is 0.00356. The van der Waals surface area contributed by atoms with Gasteiger partial charge in [0.25, 0.3) is 0 Å². The third-order valence-corrected chi connectivity index (χ3v) is 7.20. The van der Waals surface area contributed by atoms with E-state index in [-0.39, 0.29) is 24.7 Å². The lowest BCUT2D eigenvalue weighted by atomic mass is 9.84. The number of nitrogens with one attached hydrogen (secondary N) is 1. The number of hydrogen-bond donors (Lipinski definition) is 3. The number of aliphatic hydroxyl groups excluding tert-OH is 1. The van der Waals surface area contributed by atoms with E-state index >= 15 is 0 Å². The third kappa shape index (κ3) is 5.47. The summed E-state index contributed by atoms with van der Waals surface area (Å²) in [5.74, 6) is 0.618. The molecule has 7 nitrogen and oxygen atoms in total. The van der Waals surface area contributed by atoms with Crippen LogP contribution in [0.25, 0.3) is 0 Å². The SMILES string of the molecule is NCc1ccc(C2OC(CSc3ncn[nH]3)C(c3ccccc3)C(c3ccc(CO)cc3)O2)cc1. The first-order valence-electron chi connectivity index (χ1n) is 11.6. The second-order valence-corrected chi connectivity index (χ2v) is 9.46. The number of rotatable bonds is 8. The zero-order chi connectivity index (χ0) is 24.0. The molecule has 1 saturated heterocycles. The van der Waals surface area contributed by atoms with Crippen LogP contribution in [-0.4, -0.2) is 32.1 Å². The average molecular weight is 489 g/mol. The van der Waals surface area contributed by atoms with Crippen LogP contribution >= 0.6 is 11.8 Å². The summed E-state index contributed by atoms with van der Waals surface area (Å²) in [6.07, 6.45) is 0.556. The smallest absolute Gasteiger partial charge is 0.184 e. The topological polar surface area (TPSA) is 106 Å². The first-order chi connectivity index (χ1) is 17.2. The number of thioether (sulfide) groups is 1. The van der Waals surface area contributed by atoms with Crippen LogP contribution in [-0.2, 0) is 22.6 Å². The molecule has 35 heavy (non-hydrogen) atoms. The Bertz CT molecular complexity index is 1190. The maximum atomic E-state index is 9.53. The molecule has 0 bridgehead atoms. The minimum atomic E-state index is -0.537. The van der Waals surface area contributed by atoms with Crippen molar-refractivity contribution in [3.8, 4) is 0 Å². The van der Waals surface area contributed by atoms with Crippen molar-refractivity contribution < 1.29 is 14.6 Å². The van der Waals surface area contributed by atoms with Crippen LogP contribution in [0.5, 0.6) is 0 Å². The van der Waals surface area contributed by atoms with Gasteiger partial charge in [0.1, 0.15) is 6.33 Å². The summed E-state index contributed by atoms with van der Waals surface area (Å²) < 4.78 is 13.3. The number of aliphatic hydroxyl groups is 1. The number of hydrogen-bond acceptors (Lipinski definition) is 7. The van der Waals surface area contributed by atoms with Crippen molar-refractivity contribution >= 4 is 11.8 Å². The highest BCUT2D eigenvalue weighted by Crippen LogP contribution is 2.47. The number of ether oxygens (including phenoxy) is 2. The van der Waals surface area contributed by atoms with E-state index in [0.717, 1.165) is 33.0 Å². The van der Waals surface area contributed by atoms with Gasteiger partial charge >= 0.3 is 0 Å². The molecule has 4 aromatic rings. The fourth-order valence-corrected chi connectivity index (χ4v) is 5.23. The van der Waals surface area contributed by atoms with Gasteiger partial charge < -0.3 is 20.3 Å². The van der Waals surface area contributed by atoms with Gasteiger partial charge in [-0.15, -0.1) is 0 Å². The number of H-pyrrole nitrogens is 1. The lowest BCUT2D eigenvalue weighted by Gasteiger charge is -2.43. The molecule has 4 N–H and O–H groups in total. The molecule has 180 valence electrons. The minimum Gasteiger partial charge on any atom is -0.392 e. The molecular formula is C27H28N4O3S. The Kier molecular flexibility index (Phi) is 7.56. The Morgan fingerprint density at radius 3 is 2.23 bits per heavy atom. The summed E-state index contributed by atoms with van der Waals surface area (Å²) >= 11 is 1.58. The van der Waals surface area contributed by atoms with Gasteiger partial charge in [-0.1, -0.05) is 90.6 Å². The zero-order valence-corrected chi connectivity index (χ0v) is 20.0. The van der Waals surface area contributed by atoms with E-state index in [1.807, 2.05) is 66.7 Å². The Hall–Kier alpha value is -3.01. The molecule has 0 aliphatic carbocycles. The summed E-state index contributed by atoms with van der Waals surface area (Å²) in [6.45, 7) is 0.489. The molecule has 0 spiro atoms. The number of nitrogens with two attached hydrogens (primary N) is 1. The van der Waals surface area contributed by atoms with E-state index in [4.69, 9.17) is 15.2 Å². The molecule has 0 saturated carbocycles. The second-order valence-electron chi connectivity index (χ2n) is 8.45. The molecule has 1 aliphatic heterocycles. The van der Waals surface area contributed by atoms with Crippen molar-refractivity contribution in [3.05, 3.63) is 113 Å². The van der Waals surface area contributed by atoms with E-state index in [1.54, 1.807) is 11.8 Å². The monoisotopic (exact) mass is 488 g/mol. The molecular weight excluding hydrogens is 460 g/mol. The van der Waals surface area contributed by atoms with Crippen molar-refractivity contribution in [2.75, 3.05) is 5.75 Å². The van der Waals surface area contributed by atoms with Crippen LogP contribution in [0.1, 0.15) is 46.1 Å². The molecule has 5 rings (SSSR count). The first kappa shape index (κ1) is 23.7. The summed E-state index contributed by atoms with van der Waals surface area (Å²) in [4.78, 5) is 4.26. The summed E-state index contributed by atoms with van der Waals surface area (Å²) in [5, 5.41) is 17.2. The third-order valence-electron chi connectivity index (χ3n) is 6.24. The van der Waals surface area contributed by atoms with E-state index in [9.17, 15) is 5.11 Å². The quantitative estimate of drug-likeness (QED) is 0.314. The Morgan fingerprint density at radius 2 is 1.57 bits per heavy atom. The maximum absolute atomic E-state index is 9.53. The molecule has 3 aromatic carbocycles. The standard InChI is InChI=1S/C27H28N4O3S/c28-14-18-6-12-22(13-7-18)26-33-23(16-35-27-29-17-30-31-27)24(20-4-2-1-3-5-20)25(34-26)21-10-8-19(15-32)9-11-21/h1-13,17,23-26,32H,14-16,28H2,(H,29,30,31). The molecule has 1 fully saturated rings. The molecule has 1 aliphatic rings. The number of aromatic nitrogens is 3. The summed E-state index contributed by atoms with van der Waals surface area (Å²) in [7, 11) is 0. The van der Waals surface area contributed by atoms with Crippen molar-refractivity contribution in [1.82, 2.24) is 15.2 Å². The fraction of sp³-hybridized carbons (Fsp3) is 0.259. The Morgan fingerprint density at radius 1 is 0.857 bits per heavy atom. The number of nitrogens with zero attached hydrogens (tertiary/aromatic N) is 2. The highest BCUT2D eigenvalue weighted by Gasteiger charge is 2.42. The van der Waals surface area contributed by atoms with Crippen LogP contribution in [0.2, 0.25) is 0 Å². The Labute approximate surface area is 208 Å². The highest BCUT2D eigenvalue weighted by atomic mass is 32.2. The van der Waals surface area contributed by atoms with Gasteiger partial charge in [0.15, 0.2) is 11.4 Å². The summed E-state index contributed by atoms with van der Waals surface area (Å²) in [5.41, 5.74) is 10.8. The van der Waals surface area contributed by atoms with Gasteiger partial charge in [-0.3, -0.25) is 5.10 Å². The highest BCUT2D eigenvalue weighted by molar-refractivity contribution is 7.99. The van der Waals surface area contributed by atoms with E-state index in [2.05, 4.69) is 27.3 Å². The number of benzene rings is 3. The van der Waals surface area contributed by atoms with Crippen molar-refractivity contribution in [1.29, 1.82) is 0 Å². The molecule has 8 heteroatoms. The molecule has 4 atom stereocenters. The largest absolute Gasteiger partial charge is 0.392 e. The van der Waals surface area contributed by atoms with Gasteiger partial charge in [-0.05, 0) is 22.3 Å². The van der Waals surface area contributed by atoms with Gasteiger partial charge in [-0.25, -0.2) is 4.98 Å². The molecule has 2 heterocycles. The van der Waals surface area contributed by atoms with Crippen molar-refractivity contribution in [2.24, 2.45) is 5.73 Å². The van der Waals surface area contributed by atoms with E-state index in [0.29, 0.717) is 12.3 Å². The summed E-state index contributed by atoms with van der Waals surface area (Å²) in [6, 6.07) is 26.3. The predicted molar refractivity (Wildman–Crippen MR) is 134 cm³/mol. The average Bonchev–Trinajstić information content (AvgIpc) is 3.46. The van der Waals surface area contributed by atoms with Crippen molar-refractivity contribution in [3.63, 3.8) is 0 Å². The molecule has 0 amide bonds. The van der Waals surface area contributed by atoms with Crippen molar-refractivity contribution in [2.45, 2.75) is 42.7 Å². The predicted octanol–water partition coefficient (Wildman–Crippen LogP) is 4.49. The van der Waals surface area contributed by atoms with Crippen LogP contribution in [0.15, 0.2) is 90.3 Å². The molecule has 0 radical (unpaired) electrons. The van der Waals surface area contributed by atoms with Gasteiger partial charge in [0.2, 0.25) is 0 Å². The van der Waals surface area contributed by atoms with E-state index < -0.39 is 6.29 Å². The van der Waals surface area contributed by atoms with Gasteiger partial charge in [0, 0.05) is 23.8 Å². The molecule has 4 unspecified atom stereocenters. The Balaban J connectivity index is 1.53. The second kappa shape index (κ2) is 11.2. The van der Waals surface area contributed by atoms with E-state index in [1.165, 1.54) is 6.33 Å². The van der Waals surface area contributed by atoms with Crippen LogP contribution < -0.4 is 5.73 Å². The normalized spacial score (nSPS) is 22.2. The van der Waals surface area contributed by atoms with Gasteiger partial charge in [-0.2, -0.15) is 5.10 Å². The van der Waals surface area contributed by atoms with Crippen LogP contribution in [0.3, 0.4) is 0 Å². The van der Waals surface area contributed by atoms with Crippen LogP contribution in [0, 0.1) is 0 Å². The van der Waals surface area contributed by atoms with Crippen LogP contribution in [0.4, 0.5) is 0 Å². The molecule has 1 aromatic heterocycles. The first-order valence-corrected chi connectivity index (χ1v) is 12.6. The zero-order valence-electron chi connectivity index (χ0n) is 19.2. The number of aromatic amines is 1. The lowest BCUT2D eigenvalue weighted by Crippen LogP contribution is -2.38. The maximum Gasteiger partial charge on any atom is 0.184 e. The van der Waals surface area contributed by atoms with Gasteiger partial charge in [0.05, 0.1) is 18.8 Å². The lowest BCUT2D eigenvalue weighted by molar-refractivity contribution is -0.255. The fourth-order valence-electron chi connectivity index (χ4n) is 4.39.